The number of nitrogens with zero attached hydrogens (tertiary/aromatic N) is 1. The Morgan fingerprint density at radius 1 is 1.50 bits per heavy atom. The minimum Gasteiger partial charge on any atom is -0.339 e. The molecule has 1 heterocycles. The van der Waals surface area contributed by atoms with Gasteiger partial charge in [-0.05, 0) is 26.2 Å². The molecule has 0 unspecified atom stereocenters. The van der Waals surface area contributed by atoms with Crippen molar-refractivity contribution >= 4 is 18.3 Å². The summed E-state index contributed by atoms with van der Waals surface area (Å²) in [6, 6.07) is 0.458. The number of piperazine rings is 1. The van der Waals surface area contributed by atoms with E-state index in [4.69, 9.17) is 0 Å². The van der Waals surface area contributed by atoms with Crippen LogP contribution in [0.4, 0.5) is 0 Å². The van der Waals surface area contributed by atoms with Crippen molar-refractivity contribution in [3.8, 4) is 0 Å². The van der Waals surface area contributed by atoms with Crippen molar-refractivity contribution in [1.82, 2.24) is 10.2 Å². The largest absolute Gasteiger partial charge is 0.339 e. The molecule has 1 amide bonds. The van der Waals surface area contributed by atoms with Crippen LogP contribution < -0.4 is 5.32 Å². The molecule has 0 aromatic heterocycles. The Morgan fingerprint density at radius 2 is 2.19 bits per heavy atom. The number of amides is 1. The minimum absolute atomic E-state index is 0. The summed E-state index contributed by atoms with van der Waals surface area (Å²) < 4.78 is 0. The first-order valence-electron chi connectivity index (χ1n) is 6.21. The van der Waals surface area contributed by atoms with Crippen molar-refractivity contribution in [2.75, 3.05) is 19.6 Å². The van der Waals surface area contributed by atoms with E-state index in [2.05, 4.69) is 24.1 Å². The molecule has 4 heteroatoms. The first-order valence-corrected chi connectivity index (χ1v) is 6.21. The molecule has 0 radical (unpaired) electrons. The third-order valence-corrected chi connectivity index (χ3v) is 3.69. The highest BCUT2D eigenvalue weighted by molar-refractivity contribution is 5.85. The summed E-state index contributed by atoms with van der Waals surface area (Å²) in [4.78, 5) is 14.4. The Balaban J connectivity index is 0.00000128. The number of nitrogens with one attached hydrogen (secondary N) is 1. The zero-order valence-corrected chi connectivity index (χ0v) is 11.1. The normalized spacial score (nSPS) is 27.1. The maximum Gasteiger partial charge on any atom is 0.228 e. The number of halogens is 1. The number of hydrogen-bond acceptors (Lipinski definition) is 2. The summed E-state index contributed by atoms with van der Waals surface area (Å²) in [7, 11) is 0. The Bertz CT molecular complexity index is 253. The van der Waals surface area contributed by atoms with Crippen molar-refractivity contribution in [3.05, 3.63) is 0 Å². The summed E-state index contributed by atoms with van der Waals surface area (Å²) in [5.74, 6) is 0.428. The fourth-order valence-electron chi connectivity index (χ4n) is 2.65. The molecular weight excluding hydrogens is 224 g/mol. The summed E-state index contributed by atoms with van der Waals surface area (Å²) in [5, 5.41) is 3.38. The predicted octanol–water partition coefficient (Wildman–Crippen LogP) is 1.81. The highest BCUT2D eigenvalue weighted by atomic mass is 35.5. The van der Waals surface area contributed by atoms with E-state index in [1.165, 1.54) is 0 Å². The second kappa shape index (κ2) is 5.37. The van der Waals surface area contributed by atoms with Crippen molar-refractivity contribution in [2.24, 2.45) is 5.41 Å². The van der Waals surface area contributed by atoms with Crippen LogP contribution >= 0.6 is 12.4 Å². The molecule has 0 aromatic rings. The van der Waals surface area contributed by atoms with Gasteiger partial charge in [0.25, 0.3) is 0 Å². The zero-order chi connectivity index (χ0) is 10.9. The summed E-state index contributed by atoms with van der Waals surface area (Å²) in [6.07, 6.45) is 4.47. The van der Waals surface area contributed by atoms with Gasteiger partial charge in [-0.1, -0.05) is 13.3 Å². The fourth-order valence-corrected chi connectivity index (χ4v) is 2.65. The van der Waals surface area contributed by atoms with Crippen molar-refractivity contribution in [1.29, 1.82) is 0 Å². The van der Waals surface area contributed by atoms with Crippen LogP contribution in [0.5, 0.6) is 0 Å². The topological polar surface area (TPSA) is 32.3 Å². The Kier molecular flexibility index (Phi) is 4.62. The third kappa shape index (κ3) is 2.69. The van der Waals surface area contributed by atoms with Crippen molar-refractivity contribution < 1.29 is 4.79 Å². The highest BCUT2D eigenvalue weighted by Gasteiger charge is 2.50. The van der Waals surface area contributed by atoms with Gasteiger partial charge in [-0.25, -0.2) is 0 Å². The number of hydrogen-bond donors (Lipinski definition) is 1. The van der Waals surface area contributed by atoms with Crippen LogP contribution in [-0.2, 0) is 4.79 Å². The molecule has 2 aliphatic rings. The van der Waals surface area contributed by atoms with Gasteiger partial charge in [-0.15, -0.1) is 12.4 Å². The van der Waals surface area contributed by atoms with E-state index in [1.807, 2.05) is 0 Å². The third-order valence-electron chi connectivity index (χ3n) is 3.69. The second-order valence-electron chi connectivity index (χ2n) is 5.14. The Hall–Kier alpha value is -0.280. The molecule has 94 valence electrons. The van der Waals surface area contributed by atoms with E-state index in [0.717, 1.165) is 45.3 Å². The summed E-state index contributed by atoms with van der Waals surface area (Å²) in [5.41, 5.74) is 0.0613. The average molecular weight is 247 g/mol. The predicted molar refractivity (Wildman–Crippen MR) is 67.9 cm³/mol. The van der Waals surface area contributed by atoms with Crippen LogP contribution in [0.1, 0.15) is 39.5 Å². The molecule has 0 bridgehead atoms. The SMILES string of the molecule is CCCC1(C(=O)N2CCN[C@H](C)C2)CC1.Cl. The zero-order valence-electron chi connectivity index (χ0n) is 10.3. The molecule has 0 aromatic carbocycles. The summed E-state index contributed by atoms with van der Waals surface area (Å²) >= 11 is 0. The lowest BCUT2D eigenvalue weighted by Gasteiger charge is -2.34. The number of carbonyl (C=O) groups is 1. The number of carbonyl (C=O) groups excluding carboxylic acids is 1. The fraction of sp³-hybridized carbons (Fsp3) is 0.917. The lowest BCUT2D eigenvalue weighted by Crippen LogP contribution is -2.53. The second-order valence-corrected chi connectivity index (χ2v) is 5.14. The molecule has 16 heavy (non-hydrogen) atoms. The molecular formula is C12H23ClN2O. The van der Waals surface area contributed by atoms with Gasteiger partial charge < -0.3 is 10.2 Å². The molecule has 1 aliphatic heterocycles. The van der Waals surface area contributed by atoms with Crippen LogP contribution in [0.2, 0.25) is 0 Å². The lowest BCUT2D eigenvalue weighted by atomic mass is 9.98. The minimum atomic E-state index is 0. The Morgan fingerprint density at radius 3 is 2.69 bits per heavy atom. The molecule has 2 fully saturated rings. The van der Waals surface area contributed by atoms with Crippen LogP contribution in [0.15, 0.2) is 0 Å². The van der Waals surface area contributed by atoms with Crippen LogP contribution in [0.3, 0.4) is 0 Å². The molecule has 1 saturated carbocycles. The quantitative estimate of drug-likeness (QED) is 0.824. The van der Waals surface area contributed by atoms with Gasteiger partial charge in [0.05, 0.1) is 0 Å². The van der Waals surface area contributed by atoms with Gasteiger partial charge in [0.1, 0.15) is 0 Å². The van der Waals surface area contributed by atoms with Gasteiger partial charge in [-0.2, -0.15) is 0 Å². The van der Waals surface area contributed by atoms with Crippen molar-refractivity contribution in [2.45, 2.75) is 45.6 Å². The standard InChI is InChI=1S/C12H22N2O.ClH/c1-3-4-12(5-6-12)11(15)14-8-7-13-10(2)9-14;/h10,13H,3-9H2,1-2H3;1H/t10-;/m1./s1. The van der Waals surface area contributed by atoms with Gasteiger partial charge in [0.2, 0.25) is 5.91 Å². The maximum absolute atomic E-state index is 12.3. The van der Waals surface area contributed by atoms with Crippen LogP contribution in [0.25, 0.3) is 0 Å². The maximum atomic E-state index is 12.3. The smallest absolute Gasteiger partial charge is 0.228 e. The van der Waals surface area contributed by atoms with Gasteiger partial charge in [0, 0.05) is 31.1 Å². The van der Waals surface area contributed by atoms with Crippen LogP contribution in [-0.4, -0.2) is 36.5 Å². The highest BCUT2D eigenvalue weighted by Crippen LogP contribution is 2.51. The number of rotatable bonds is 3. The molecule has 1 N–H and O–H groups in total. The Labute approximate surface area is 104 Å². The van der Waals surface area contributed by atoms with E-state index in [9.17, 15) is 4.79 Å². The molecule has 1 aliphatic carbocycles. The van der Waals surface area contributed by atoms with Crippen LogP contribution in [0, 0.1) is 5.41 Å². The molecule has 3 nitrogen and oxygen atoms in total. The molecule has 2 rings (SSSR count). The summed E-state index contributed by atoms with van der Waals surface area (Å²) in [6.45, 7) is 7.07. The first-order chi connectivity index (χ1) is 7.18. The first kappa shape index (κ1) is 13.8. The van der Waals surface area contributed by atoms with Gasteiger partial charge in [0.15, 0.2) is 0 Å². The van der Waals surface area contributed by atoms with E-state index < -0.39 is 0 Å². The molecule has 0 spiro atoms. The molecule has 1 saturated heterocycles. The molecule has 1 atom stereocenters. The van der Waals surface area contributed by atoms with Crippen molar-refractivity contribution in [3.63, 3.8) is 0 Å². The lowest BCUT2D eigenvalue weighted by molar-refractivity contribution is -0.138. The average Bonchev–Trinajstić information content (AvgIpc) is 2.98. The van der Waals surface area contributed by atoms with E-state index in [-0.39, 0.29) is 17.8 Å². The monoisotopic (exact) mass is 246 g/mol. The van der Waals surface area contributed by atoms with E-state index >= 15 is 0 Å². The van der Waals surface area contributed by atoms with E-state index in [0.29, 0.717) is 11.9 Å². The van der Waals surface area contributed by atoms with E-state index in [1.54, 1.807) is 0 Å². The van der Waals surface area contributed by atoms with Gasteiger partial charge in [-0.3, -0.25) is 4.79 Å². The van der Waals surface area contributed by atoms with Gasteiger partial charge >= 0.3 is 0 Å².